The van der Waals surface area contributed by atoms with E-state index < -0.39 is 24.1 Å². The third-order valence-electron chi connectivity index (χ3n) is 5.43. The van der Waals surface area contributed by atoms with Crippen molar-refractivity contribution in [1.82, 2.24) is 15.3 Å². The van der Waals surface area contributed by atoms with Crippen LogP contribution in [0, 0.1) is 11.6 Å². The van der Waals surface area contributed by atoms with Crippen LogP contribution in [-0.2, 0) is 6.61 Å². The van der Waals surface area contributed by atoms with Crippen molar-refractivity contribution in [1.29, 1.82) is 0 Å². The molecule has 1 aliphatic rings. The number of carbonyl (C=O) groups is 1. The summed E-state index contributed by atoms with van der Waals surface area (Å²) in [6, 6.07) is 7.95. The van der Waals surface area contributed by atoms with Crippen LogP contribution in [0.5, 0.6) is 5.75 Å². The van der Waals surface area contributed by atoms with Crippen LogP contribution < -0.4 is 15.4 Å². The molecule has 9 heteroatoms. The lowest BCUT2D eigenvalue weighted by atomic mass is 10.0. The summed E-state index contributed by atoms with van der Waals surface area (Å²) in [5.41, 5.74) is -0.126. The lowest BCUT2D eigenvalue weighted by Crippen LogP contribution is -2.21. The Morgan fingerprint density at radius 1 is 1.15 bits per heavy atom. The Hall–Kier alpha value is -3.43. The second kappa shape index (κ2) is 10.5. The number of pyridine rings is 2. The van der Waals surface area contributed by atoms with Crippen molar-refractivity contribution in [2.75, 3.05) is 18.4 Å². The first-order valence-electron chi connectivity index (χ1n) is 10.7. The molecule has 4 rings (SSSR count). The van der Waals surface area contributed by atoms with E-state index in [0.717, 1.165) is 44.5 Å². The van der Waals surface area contributed by atoms with Crippen molar-refractivity contribution < 1.29 is 23.4 Å². The highest BCUT2D eigenvalue weighted by atomic mass is 19.1. The number of hydrogen-bond donors (Lipinski definition) is 3. The average Bonchev–Trinajstić information content (AvgIpc) is 3.09. The number of amides is 1. The van der Waals surface area contributed by atoms with Gasteiger partial charge in [-0.05, 0) is 56.1 Å². The van der Waals surface area contributed by atoms with Crippen molar-refractivity contribution in [3.05, 3.63) is 71.7 Å². The maximum absolute atomic E-state index is 14.5. The molecule has 3 N–H and O–H groups in total. The third-order valence-corrected chi connectivity index (χ3v) is 5.43. The highest BCUT2D eigenvalue weighted by Gasteiger charge is 2.20. The quantitative estimate of drug-likeness (QED) is 0.526. The maximum Gasteiger partial charge on any atom is 0.274 e. The summed E-state index contributed by atoms with van der Waals surface area (Å²) in [6.45, 7) is 1.29. The molecule has 7 nitrogen and oxygen atoms in total. The number of aromatic nitrogens is 2. The van der Waals surface area contributed by atoms with Crippen molar-refractivity contribution in [3.8, 4) is 17.0 Å². The Bertz CT molecular complexity index is 1130. The van der Waals surface area contributed by atoms with Gasteiger partial charge in [-0.1, -0.05) is 12.1 Å². The zero-order chi connectivity index (χ0) is 23.2. The lowest BCUT2D eigenvalue weighted by molar-refractivity contribution is 0.102. The summed E-state index contributed by atoms with van der Waals surface area (Å²) < 4.78 is 35.1. The van der Waals surface area contributed by atoms with Gasteiger partial charge in [-0.25, -0.2) is 13.8 Å². The molecule has 0 radical (unpaired) electrons. The van der Waals surface area contributed by atoms with Gasteiger partial charge in [0.1, 0.15) is 40.6 Å². The van der Waals surface area contributed by atoms with E-state index in [1.54, 1.807) is 12.3 Å². The lowest BCUT2D eigenvalue weighted by Gasteiger charge is -2.19. The molecule has 3 heterocycles. The molecule has 0 aliphatic carbocycles. The summed E-state index contributed by atoms with van der Waals surface area (Å²) in [7, 11) is 0. The molecule has 1 amide bonds. The monoisotopic (exact) mass is 454 g/mol. The fourth-order valence-corrected chi connectivity index (χ4v) is 3.76. The van der Waals surface area contributed by atoms with Gasteiger partial charge in [0.05, 0.1) is 12.8 Å². The molecule has 3 aromatic rings. The van der Waals surface area contributed by atoms with Crippen LogP contribution in [0.4, 0.5) is 14.5 Å². The molecule has 1 aliphatic heterocycles. The van der Waals surface area contributed by atoms with Gasteiger partial charge in [0.15, 0.2) is 0 Å². The Labute approximate surface area is 189 Å². The van der Waals surface area contributed by atoms with E-state index in [4.69, 9.17) is 4.74 Å². The average molecular weight is 454 g/mol. The number of ether oxygens (including phenoxy) is 1. The molecule has 33 heavy (non-hydrogen) atoms. The minimum Gasteiger partial charge on any atom is -0.488 e. The number of hydrogen-bond acceptors (Lipinski definition) is 6. The Morgan fingerprint density at radius 2 is 2.03 bits per heavy atom. The highest BCUT2D eigenvalue weighted by molar-refractivity contribution is 6.03. The first-order valence-corrected chi connectivity index (χ1v) is 10.7. The maximum atomic E-state index is 14.5. The number of anilines is 1. The number of nitrogens with zero attached hydrogens (tertiary/aromatic N) is 2. The smallest absolute Gasteiger partial charge is 0.274 e. The van der Waals surface area contributed by atoms with Gasteiger partial charge in [-0.3, -0.25) is 9.78 Å². The third kappa shape index (κ3) is 5.32. The molecule has 1 aromatic carbocycles. The van der Waals surface area contributed by atoms with E-state index in [1.165, 1.54) is 24.4 Å². The van der Waals surface area contributed by atoms with Crippen molar-refractivity contribution in [2.45, 2.75) is 32.0 Å². The first kappa shape index (κ1) is 22.8. The number of aliphatic hydroxyl groups is 1. The first-order chi connectivity index (χ1) is 16.1. The fraction of sp³-hybridized carbons (Fsp3) is 0.292. The largest absolute Gasteiger partial charge is 0.488 e. The number of benzene rings is 1. The minimum absolute atomic E-state index is 0.00607. The molecule has 172 valence electrons. The Kier molecular flexibility index (Phi) is 7.21. The molecular weight excluding hydrogens is 430 g/mol. The van der Waals surface area contributed by atoms with Crippen LogP contribution in [-0.4, -0.2) is 40.2 Å². The number of carbonyl (C=O) groups excluding carboxylic acids is 1. The number of halogens is 2. The van der Waals surface area contributed by atoms with Crippen molar-refractivity contribution >= 4 is 11.6 Å². The standard InChI is InChI=1S/C24H24F2N4O3/c25-17-5-1-3-15(14-31)22(17)23-18(26)6-7-19(29-23)24(32)30-20-13-28-12-9-21(20)33-16-4-2-10-27-11-8-16/h1,3,5-7,9,12-13,16,27,31H,2,4,8,10-11,14H2,(H,30,32). The predicted molar refractivity (Wildman–Crippen MR) is 119 cm³/mol. The van der Waals surface area contributed by atoms with Crippen LogP contribution in [0.15, 0.2) is 48.8 Å². The molecule has 1 unspecified atom stereocenters. The molecule has 1 saturated heterocycles. The van der Waals surface area contributed by atoms with Crippen LogP contribution in [0.2, 0.25) is 0 Å². The normalized spacial score (nSPS) is 16.2. The summed E-state index contributed by atoms with van der Waals surface area (Å²) >= 11 is 0. The van der Waals surface area contributed by atoms with E-state index in [1.807, 2.05) is 0 Å². The second-order valence-corrected chi connectivity index (χ2v) is 7.71. The van der Waals surface area contributed by atoms with Gasteiger partial charge < -0.3 is 20.5 Å². The van der Waals surface area contributed by atoms with Gasteiger partial charge in [0, 0.05) is 17.8 Å². The van der Waals surface area contributed by atoms with E-state index in [9.17, 15) is 18.7 Å². The van der Waals surface area contributed by atoms with Gasteiger partial charge in [0.2, 0.25) is 0 Å². The molecule has 0 bridgehead atoms. The predicted octanol–water partition coefficient (Wildman–Crippen LogP) is 3.69. The van der Waals surface area contributed by atoms with Crippen LogP contribution in [0.25, 0.3) is 11.3 Å². The zero-order valence-electron chi connectivity index (χ0n) is 17.9. The summed E-state index contributed by atoms with van der Waals surface area (Å²) in [6.07, 6.45) is 5.77. The molecular formula is C24H24F2N4O3. The minimum atomic E-state index is -0.807. The summed E-state index contributed by atoms with van der Waals surface area (Å²) in [5.74, 6) is -1.70. The van der Waals surface area contributed by atoms with Gasteiger partial charge in [-0.2, -0.15) is 0 Å². The SMILES string of the molecule is O=C(Nc1cnccc1OC1CCCNCC1)c1ccc(F)c(-c2c(F)cccc2CO)n1. The van der Waals surface area contributed by atoms with Gasteiger partial charge >= 0.3 is 0 Å². The fourth-order valence-electron chi connectivity index (χ4n) is 3.76. The number of aliphatic hydroxyl groups excluding tert-OH is 1. The van der Waals surface area contributed by atoms with Crippen LogP contribution >= 0.6 is 0 Å². The van der Waals surface area contributed by atoms with Crippen molar-refractivity contribution in [3.63, 3.8) is 0 Å². The van der Waals surface area contributed by atoms with E-state index >= 15 is 0 Å². The topological polar surface area (TPSA) is 96.4 Å². The Balaban J connectivity index is 1.59. The zero-order valence-corrected chi connectivity index (χ0v) is 17.9. The van der Waals surface area contributed by atoms with Crippen LogP contribution in [0.3, 0.4) is 0 Å². The summed E-state index contributed by atoms with van der Waals surface area (Å²) in [4.78, 5) is 21.0. The summed E-state index contributed by atoms with van der Waals surface area (Å²) in [5, 5.41) is 15.6. The van der Waals surface area contributed by atoms with Gasteiger partial charge in [-0.15, -0.1) is 0 Å². The number of rotatable bonds is 6. The van der Waals surface area contributed by atoms with E-state index in [2.05, 4.69) is 20.6 Å². The van der Waals surface area contributed by atoms with Crippen LogP contribution in [0.1, 0.15) is 35.3 Å². The Morgan fingerprint density at radius 3 is 2.88 bits per heavy atom. The highest BCUT2D eigenvalue weighted by Crippen LogP contribution is 2.29. The second-order valence-electron chi connectivity index (χ2n) is 7.71. The van der Waals surface area contributed by atoms with Crippen molar-refractivity contribution in [2.24, 2.45) is 0 Å². The molecule has 0 saturated carbocycles. The molecule has 2 aromatic heterocycles. The van der Waals surface area contributed by atoms with E-state index in [0.29, 0.717) is 11.4 Å². The molecule has 0 spiro atoms. The molecule has 1 atom stereocenters. The number of nitrogens with one attached hydrogen (secondary N) is 2. The van der Waals surface area contributed by atoms with Gasteiger partial charge in [0.25, 0.3) is 5.91 Å². The molecule has 1 fully saturated rings. The van der Waals surface area contributed by atoms with E-state index in [-0.39, 0.29) is 28.6 Å².